The van der Waals surface area contributed by atoms with Crippen LogP contribution in [0.1, 0.15) is 16.1 Å². The molecule has 2 N–H and O–H groups in total. The van der Waals surface area contributed by atoms with Gasteiger partial charge in [-0.05, 0) is 40.8 Å². The molecule has 2 heterocycles. The Balaban J connectivity index is 1.66. The van der Waals surface area contributed by atoms with Crippen molar-refractivity contribution in [1.29, 1.82) is 0 Å². The number of tetrazole rings is 1. The zero-order valence-electron chi connectivity index (χ0n) is 10.4. The average molecular weight is 269 g/mol. The van der Waals surface area contributed by atoms with Gasteiger partial charge in [-0.1, -0.05) is 0 Å². The summed E-state index contributed by atoms with van der Waals surface area (Å²) in [5, 5.41) is 20.3. The van der Waals surface area contributed by atoms with Crippen molar-refractivity contribution in [1.82, 2.24) is 35.7 Å². The maximum Gasteiger partial charge on any atom is 0.251 e. The smallest absolute Gasteiger partial charge is 0.251 e. The van der Waals surface area contributed by atoms with E-state index < -0.39 is 0 Å². The monoisotopic (exact) mass is 269 g/mol. The highest BCUT2D eigenvalue weighted by atomic mass is 16.1. The molecular weight excluding hydrogens is 258 g/mol. The Hall–Kier alpha value is -3.03. The Morgan fingerprint density at radius 3 is 2.75 bits per heavy atom. The number of benzene rings is 1. The van der Waals surface area contributed by atoms with Crippen LogP contribution in [0.5, 0.6) is 0 Å². The molecule has 3 rings (SSSR count). The SMILES string of the molecule is O=C(NCc1ccn[nH]1)c1ccc(-n2cnnn2)cc1. The molecule has 0 aliphatic rings. The van der Waals surface area contributed by atoms with Crippen molar-refractivity contribution < 1.29 is 4.79 Å². The lowest BCUT2D eigenvalue weighted by Gasteiger charge is -2.04. The molecule has 0 saturated carbocycles. The van der Waals surface area contributed by atoms with Crippen molar-refractivity contribution in [3.63, 3.8) is 0 Å². The molecule has 2 aromatic heterocycles. The average Bonchev–Trinajstić information content (AvgIpc) is 3.18. The summed E-state index contributed by atoms with van der Waals surface area (Å²) < 4.78 is 1.52. The number of aromatic amines is 1. The van der Waals surface area contributed by atoms with Crippen molar-refractivity contribution in [2.75, 3.05) is 0 Å². The Morgan fingerprint density at radius 1 is 1.25 bits per heavy atom. The maximum atomic E-state index is 11.9. The molecule has 0 aliphatic carbocycles. The number of rotatable bonds is 4. The number of amides is 1. The molecule has 0 saturated heterocycles. The molecule has 100 valence electrons. The fraction of sp³-hybridized carbons (Fsp3) is 0.0833. The number of nitrogens with one attached hydrogen (secondary N) is 2. The zero-order chi connectivity index (χ0) is 13.8. The molecule has 0 aliphatic heterocycles. The van der Waals surface area contributed by atoms with Crippen LogP contribution in [0.3, 0.4) is 0 Å². The molecular formula is C12H11N7O. The fourth-order valence-corrected chi connectivity index (χ4v) is 1.71. The second-order valence-electron chi connectivity index (χ2n) is 4.07. The van der Waals surface area contributed by atoms with Gasteiger partial charge in [-0.3, -0.25) is 9.89 Å². The highest BCUT2D eigenvalue weighted by molar-refractivity contribution is 5.94. The van der Waals surface area contributed by atoms with Gasteiger partial charge in [0.2, 0.25) is 0 Å². The minimum atomic E-state index is -0.150. The quantitative estimate of drug-likeness (QED) is 0.710. The highest BCUT2D eigenvalue weighted by Gasteiger charge is 2.06. The Labute approximate surface area is 113 Å². The third-order valence-corrected chi connectivity index (χ3v) is 2.74. The van der Waals surface area contributed by atoms with E-state index in [-0.39, 0.29) is 5.91 Å². The van der Waals surface area contributed by atoms with Crippen LogP contribution in [0.15, 0.2) is 42.9 Å². The molecule has 0 unspecified atom stereocenters. The number of hydrogen-bond donors (Lipinski definition) is 2. The normalized spacial score (nSPS) is 10.4. The van der Waals surface area contributed by atoms with E-state index in [0.29, 0.717) is 12.1 Å². The van der Waals surface area contributed by atoms with E-state index in [0.717, 1.165) is 11.4 Å². The summed E-state index contributed by atoms with van der Waals surface area (Å²) in [5.41, 5.74) is 2.21. The summed E-state index contributed by atoms with van der Waals surface area (Å²) in [7, 11) is 0. The molecule has 20 heavy (non-hydrogen) atoms. The third kappa shape index (κ3) is 2.53. The highest BCUT2D eigenvalue weighted by Crippen LogP contribution is 2.07. The van der Waals surface area contributed by atoms with Crippen molar-refractivity contribution in [2.45, 2.75) is 6.54 Å². The number of nitrogens with zero attached hydrogens (tertiary/aromatic N) is 5. The van der Waals surface area contributed by atoms with E-state index >= 15 is 0 Å². The summed E-state index contributed by atoms with van der Waals surface area (Å²) in [5.74, 6) is -0.150. The predicted molar refractivity (Wildman–Crippen MR) is 68.9 cm³/mol. The van der Waals surface area contributed by atoms with Crippen molar-refractivity contribution >= 4 is 5.91 Å². The summed E-state index contributed by atoms with van der Waals surface area (Å²) in [4.78, 5) is 11.9. The molecule has 1 amide bonds. The van der Waals surface area contributed by atoms with E-state index in [9.17, 15) is 4.79 Å². The largest absolute Gasteiger partial charge is 0.346 e. The molecule has 8 nitrogen and oxygen atoms in total. The minimum Gasteiger partial charge on any atom is -0.346 e. The van der Waals surface area contributed by atoms with Gasteiger partial charge in [0.15, 0.2) is 0 Å². The molecule has 0 radical (unpaired) electrons. The zero-order valence-corrected chi connectivity index (χ0v) is 10.4. The van der Waals surface area contributed by atoms with Crippen LogP contribution >= 0.6 is 0 Å². The van der Waals surface area contributed by atoms with Crippen LogP contribution in [0, 0.1) is 0 Å². The molecule has 0 bridgehead atoms. The molecule has 0 atom stereocenters. The van der Waals surface area contributed by atoms with Crippen LogP contribution in [0.4, 0.5) is 0 Å². The predicted octanol–water partition coefficient (Wildman–Crippen LogP) is 0.315. The van der Waals surface area contributed by atoms with Gasteiger partial charge >= 0.3 is 0 Å². The first kappa shape index (κ1) is 12.0. The number of hydrogen-bond acceptors (Lipinski definition) is 5. The van der Waals surface area contributed by atoms with Gasteiger partial charge in [0, 0.05) is 11.8 Å². The van der Waals surface area contributed by atoms with E-state index in [4.69, 9.17) is 0 Å². The topological polar surface area (TPSA) is 101 Å². The first-order valence-corrected chi connectivity index (χ1v) is 5.93. The lowest BCUT2D eigenvalue weighted by Crippen LogP contribution is -2.22. The van der Waals surface area contributed by atoms with Gasteiger partial charge in [-0.25, -0.2) is 4.68 Å². The Kier molecular flexibility index (Phi) is 3.19. The number of H-pyrrole nitrogens is 1. The second-order valence-corrected chi connectivity index (χ2v) is 4.07. The lowest BCUT2D eigenvalue weighted by atomic mass is 10.2. The van der Waals surface area contributed by atoms with Crippen LogP contribution in [-0.2, 0) is 6.54 Å². The summed E-state index contributed by atoms with van der Waals surface area (Å²) in [6.07, 6.45) is 3.13. The van der Waals surface area contributed by atoms with Crippen molar-refractivity contribution in [3.8, 4) is 5.69 Å². The van der Waals surface area contributed by atoms with Gasteiger partial charge in [0.05, 0.1) is 17.9 Å². The number of carbonyl (C=O) groups is 1. The van der Waals surface area contributed by atoms with Gasteiger partial charge in [-0.2, -0.15) is 5.10 Å². The summed E-state index contributed by atoms with van der Waals surface area (Å²) >= 11 is 0. The molecule has 8 heteroatoms. The third-order valence-electron chi connectivity index (χ3n) is 2.74. The van der Waals surface area contributed by atoms with E-state index in [1.165, 1.54) is 11.0 Å². The lowest BCUT2D eigenvalue weighted by molar-refractivity contribution is 0.0950. The second kappa shape index (κ2) is 5.31. The summed E-state index contributed by atoms with van der Waals surface area (Å²) in [6.45, 7) is 0.410. The molecule has 3 aromatic rings. The maximum absolute atomic E-state index is 11.9. The first-order valence-electron chi connectivity index (χ1n) is 5.93. The van der Waals surface area contributed by atoms with Crippen LogP contribution in [0.25, 0.3) is 5.69 Å². The Morgan fingerprint density at radius 2 is 2.10 bits per heavy atom. The van der Waals surface area contributed by atoms with Gasteiger partial charge in [0.25, 0.3) is 5.91 Å². The van der Waals surface area contributed by atoms with Crippen LogP contribution in [0.2, 0.25) is 0 Å². The minimum absolute atomic E-state index is 0.150. The first-order chi connectivity index (χ1) is 9.83. The van der Waals surface area contributed by atoms with Gasteiger partial charge in [-0.15, -0.1) is 5.10 Å². The fourth-order valence-electron chi connectivity index (χ4n) is 1.71. The Bertz CT molecular complexity index is 673. The molecule has 0 fully saturated rings. The standard InChI is InChI=1S/C12H11N7O/c20-12(13-7-10-5-6-14-16-10)9-1-3-11(4-2-9)19-8-15-17-18-19/h1-6,8H,7H2,(H,13,20)(H,14,16). The van der Waals surface area contributed by atoms with E-state index in [1.54, 1.807) is 36.5 Å². The van der Waals surface area contributed by atoms with Crippen LogP contribution in [-0.4, -0.2) is 36.3 Å². The van der Waals surface area contributed by atoms with E-state index in [2.05, 4.69) is 31.0 Å². The van der Waals surface area contributed by atoms with Crippen molar-refractivity contribution in [2.24, 2.45) is 0 Å². The van der Waals surface area contributed by atoms with Gasteiger partial charge in [0.1, 0.15) is 6.33 Å². The summed E-state index contributed by atoms with van der Waals surface area (Å²) in [6, 6.07) is 8.81. The molecule has 1 aromatic carbocycles. The van der Waals surface area contributed by atoms with Crippen molar-refractivity contribution in [3.05, 3.63) is 54.1 Å². The van der Waals surface area contributed by atoms with Gasteiger partial charge < -0.3 is 5.32 Å². The molecule has 0 spiro atoms. The van der Waals surface area contributed by atoms with E-state index in [1.807, 2.05) is 0 Å². The van der Waals surface area contributed by atoms with Crippen LogP contribution < -0.4 is 5.32 Å². The number of aromatic nitrogens is 6. The number of carbonyl (C=O) groups excluding carboxylic acids is 1.